The van der Waals surface area contributed by atoms with E-state index >= 15 is 4.39 Å². The first-order chi connectivity index (χ1) is 14.5. The molecule has 0 aromatic heterocycles. The van der Waals surface area contributed by atoms with E-state index in [9.17, 15) is 14.7 Å². The first-order valence-electron chi connectivity index (χ1n) is 10.0. The predicted molar refractivity (Wildman–Crippen MR) is 118 cm³/mol. The third kappa shape index (κ3) is 3.37. The highest BCUT2D eigenvalue weighted by molar-refractivity contribution is 6.31. The molecule has 0 saturated carbocycles. The molecule has 2 N–H and O–H groups in total. The van der Waals surface area contributed by atoms with Gasteiger partial charge in [0.15, 0.2) is 0 Å². The van der Waals surface area contributed by atoms with Gasteiger partial charge in [-0.15, -0.1) is 0 Å². The zero-order chi connectivity index (χ0) is 22.7. The van der Waals surface area contributed by atoms with Gasteiger partial charge >= 0.3 is 6.09 Å². The number of hydrogen-bond donors (Lipinski definition) is 2. The second-order valence-corrected chi connectivity index (χ2v) is 10.3. The number of nitrogens with zero attached hydrogens (tertiary/aromatic N) is 1. The van der Waals surface area contributed by atoms with Crippen LogP contribution in [0.3, 0.4) is 0 Å². The molecule has 3 atom stereocenters. The molecule has 0 radical (unpaired) electrons. The molecule has 2 heterocycles. The average molecular weight is 465 g/mol. The minimum absolute atomic E-state index is 0.0873. The molecule has 164 valence electrons. The summed E-state index contributed by atoms with van der Waals surface area (Å²) < 4.78 is 15.3. The van der Waals surface area contributed by atoms with E-state index in [1.165, 1.54) is 17.0 Å². The highest BCUT2D eigenvalue weighted by Crippen LogP contribution is 2.60. The molecular weight excluding hydrogens is 442 g/mol. The van der Waals surface area contributed by atoms with Gasteiger partial charge < -0.3 is 10.4 Å². The fourth-order valence-electron chi connectivity index (χ4n) is 5.26. The third-order valence-electron chi connectivity index (χ3n) is 6.24. The first kappa shape index (κ1) is 21.9. The number of fused-ring (bicyclic) bond motifs is 2. The Bertz CT molecular complexity index is 1080. The fourth-order valence-corrected chi connectivity index (χ4v) is 5.61. The Labute approximate surface area is 190 Å². The SMILES string of the molecule is CC(C)(C)CC1CN(C(=O)O)C(c2cccc(Cl)c2F)C12C(=O)Nc1cc(Cl)ccc12. The lowest BCUT2D eigenvalue weighted by Gasteiger charge is -2.37. The van der Waals surface area contributed by atoms with Crippen LogP contribution in [-0.2, 0) is 10.2 Å². The molecular formula is C23H23Cl2FN2O3. The third-order valence-corrected chi connectivity index (χ3v) is 6.76. The van der Waals surface area contributed by atoms with Crippen molar-refractivity contribution in [2.45, 2.75) is 38.6 Å². The van der Waals surface area contributed by atoms with E-state index in [2.05, 4.69) is 5.32 Å². The van der Waals surface area contributed by atoms with Crippen LogP contribution in [-0.4, -0.2) is 28.6 Å². The number of amides is 2. The largest absolute Gasteiger partial charge is 0.465 e. The molecule has 4 rings (SSSR count). The number of halogens is 3. The zero-order valence-electron chi connectivity index (χ0n) is 17.4. The highest BCUT2D eigenvalue weighted by Gasteiger charge is 2.65. The zero-order valence-corrected chi connectivity index (χ0v) is 18.9. The predicted octanol–water partition coefficient (Wildman–Crippen LogP) is 6.11. The lowest BCUT2D eigenvalue weighted by atomic mass is 9.63. The summed E-state index contributed by atoms with van der Waals surface area (Å²) in [5.41, 5.74) is -0.263. The van der Waals surface area contributed by atoms with E-state index in [4.69, 9.17) is 23.2 Å². The summed E-state index contributed by atoms with van der Waals surface area (Å²) in [6.45, 7) is 6.21. The second kappa shape index (κ2) is 7.38. The van der Waals surface area contributed by atoms with E-state index in [-0.39, 0.29) is 34.4 Å². The number of likely N-dealkylation sites (tertiary alicyclic amines) is 1. The molecule has 1 fully saturated rings. The number of nitrogens with one attached hydrogen (secondary N) is 1. The van der Waals surface area contributed by atoms with Gasteiger partial charge in [0.1, 0.15) is 11.2 Å². The monoisotopic (exact) mass is 464 g/mol. The van der Waals surface area contributed by atoms with Crippen molar-refractivity contribution < 1.29 is 19.1 Å². The minimum atomic E-state index is -1.31. The van der Waals surface area contributed by atoms with Gasteiger partial charge in [0.2, 0.25) is 5.91 Å². The van der Waals surface area contributed by atoms with Gasteiger partial charge in [-0.05, 0) is 41.5 Å². The number of benzene rings is 2. The van der Waals surface area contributed by atoms with Gasteiger partial charge in [0.05, 0.1) is 11.1 Å². The van der Waals surface area contributed by atoms with E-state index in [0.29, 0.717) is 22.7 Å². The maximum Gasteiger partial charge on any atom is 0.407 e. The molecule has 5 nitrogen and oxygen atoms in total. The van der Waals surface area contributed by atoms with Crippen molar-refractivity contribution in [3.63, 3.8) is 0 Å². The highest BCUT2D eigenvalue weighted by atomic mass is 35.5. The maximum atomic E-state index is 15.3. The van der Waals surface area contributed by atoms with Crippen molar-refractivity contribution in [3.8, 4) is 0 Å². The number of carbonyl (C=O) groups is 2. The van der Waals surface area contributed by atoms with Crippen LogP contribution in [0.2, 0.25) is 10.0 Å². The summed E-state index contributed by atoms with van der Waals surface area (Å²) in [6.07, 6.45) is -0.652. The van der Waals surface area contributed by atoms with E-state index in [0.717, 1.165) is 0 Å². The molecule has 0 aliphatic carbocycles. The summed E-state index contributed by atoms with van der Waals surface area (Å²) >= 11 is 12.2. The van der Waals surface area contributed by atoms with E-state index in [1.807, 2.05) is 20.8 Å². The lowest BCUT2D eigenvalue weighted by Crippen LogP contribution is -2.46. The van der Waals surface area contributed by atoms with Gasteiger partial charge in [0, 0.05) is 22.8 Å². The second-order valence-electron chi connectivity index (χ2n) is 9.46. The van der Waals surface area contributed by atoms with Crippen LogP contribution in [0.5, 0.6) is 0 Å². The summed E-state index contributed by atoms with van der Waals surface area (Å²) in [5, 5.41) is 13.3. The average Bonchev–Trinajstić information content (AvgIpc) is 3.12. The van der Waals surface area contributed by atoms with Gasteiger partial charge in [-0.25, -0.2) is 9.18 Å². The summed E-state index contributed by atoms with van der Waals surface area (Å²) in [6, 6.07) is 8.47. The van der Waals surface area contributed by atoms with Crippen molar-refractivity contribution >= 4 is 40.9 Å². The molecule has 2 aromatic carbocycles. The number of carboxylic acid groups (broad SMARTS) is 1. The van der Waals surface area contributed by atoms with Crippen LogP contribution >= 0.6 is 23.2 Å². The fraction of sp³-hybridized carbons (Fsp3) is 0.391. The Morgan fingerprint density at radius 2 is 2.00 bits per heavy atom. The van der Waals surface area contributed by atoms with Gasteiger partial charge in [-0.3, -0.25) is 9.69 Å². The van der Waals surface area contributed by atoms with Gasteiger partial charge in [-0.2, -0.15) is 0 Å². The molecule has 2 amide bonds. The quantitative estimate of drug-likeness (QED) is 0.562. The minimum Gasteiger partial charge on any atom is -0.465 e. The number of rotatable bonds is 2. The van der Waals surface area contributed by atoms with Crippen LogP contribution in [0, 0.1) is 17.2 Å². The molecule has 2 aliphatic heterocycles. The van der Waals surface area contributed by atoms with Crippen LogP contribution < -0.4 is 5.32 Å². The molecule has 0 bridgehead atoms. The Kier molecular flexibility index (Phi) is 5.22. The summed E-state index contributed by atoms with van der Waals surface area (Å²) in [7, 11) is 0. The Morgan fingerprint density at radius 1 is 1.29 bits per heavy atom. The van der Waals surface area contributed by atoms with Crippen LogP contribution in [0.4, 0.5) is 14.9 Å². The molecule has 2 aromatic rings. The van der Waals surface area contributed by atoms with Gasteiger partial charge in [-0.1, -0.05) is 62.2 Å². The van der Waals surface area contributed by atoms with Crippen LogP contribution in [0.25, 0.3) is 0 Å². The van der Waals surface area contributed by atoms with Crippen molar-refractivity contribution in [1.82, 2.24) is 4.90 Å². The van der Waals surface area contributed by atoms with Crippen molar-refractivity contribution in [2.24, 2.45) is 11.3 Å². The maximum absolute atomic E-state index is 15.3. The molecule has 3 unspecified atom stereocenters. The first-order valence-corrected chi connectivity index (χ1v) is 10.8. The topological polar surface area (TPSA) is 69.6 Å². The van der Waals surface area contributed by atoms with E-state index < -0.39 is 23.4 Å². The smallest absolute Gasteiger partial charge is 0.407 e. The van der Waals surface area contributed by atoms with Gasteiger partial charge in [0.25, 0.3) is 0 Å². The number of anilines is 1. The number of carbonyl (C=O) groups excluding carboxylic acids is 1. The normalized spacial score (nSPS) is 25.1. The molecule has 2 aliphatic rings. The summed E-state index contributed by atoms with van der Waals surface area (Å²) in [5.74, 6) is -1.45. The van der Waals surface area contributed by atoms with Crippen LogP contribution in [0.15, 0.2) is 36.4 Å². The number of hydrogen-bond acceptors (Lipinski definition) is 2. The van der Waals surface area contributed by atoms with Crippen molar-refractivity contribution in [2.75, 3.05) is 11.9 Å². The molecule has 8 heteroatoms. The molecule has 1 spiro atoms. The molecule has 1 saturated heterocycles. The van der Waals surface area contributed by atoms with Crippen LogP contribution in [0.1, 0.15) is 44.4 Å². The summed E-state index contributed by atoms with van der Waals surface area (Å²) in [4.78, 5) is 27.2. The standard InChI is InChI=1S/C23H23Cl2FN2O3/c1-22(2,3)10-12-11-28(21(30)31)19(14-5-4-6-16(25)18(14)26)23(12)15-8-7-13(24)9-17(15)27-20(23)29/h4-9,12,19H,10-11H2,1-3H3,(H,27,29)(H,30,31). The van der Waals surface area contributed by atoms with E-state index in [1.54, 1.807) is 24.3 Å². The Hall–Kier alpha value is -2.31. The van der Waals surface area contributed by atoms with Crippen molar-refractivity contribution in [1.29, 1.82) is 0 Å². The Morgan fingerprint density at radius 3 is 2.65 bits per heavy atom. The Balaban J connectivity index is 2.04. The molecule has 31 heavy (non-hydrogen) atoms. The lowest BCUT2D eigenvalue weighted by molar-refractivity contribution is -0.123. The van der Waals surface area contributed by atoms with Crippen molar-refractivity contribution in [3.05, 3.63) is 63.4 Å².